The topological polar surface area (TPSA) is 56.8 Å². The van der Waals surface area contributed by atoms with Crippen molar-refractivity contribution in [2.75, 3.05) is 18.0 Å². The fourth-order valence-corrected chi connectivity index (χ4v) is 3.58. The van der Waals surface area contributed by atoms with Gasteiger partial charge in [-0.1, -0.05) is 6.92 Å². The van der Waals surface area contributed by atoms with Gasteiger partial charge in [-0.25, -0.2) is 0 Å². The van der Waals surface area contributed by atoms with Crippen molar-refractivity contribution >= 4 is 17.3 Å². The summed E-state index contributed by atoms with van der Waals surface area (Å²) >= 11 is 1.78. The number of hydrogen-bond acceptors (Lipinski definition) is 5. The lowest BCUT2D eigenvalue weighted by atomic mass is 10.1. The molecule has 1 saturated heterocycles. The second-order valence-corrected chi connectivity index (χ2v) is 6.65. The molecule has 0 saturated carbocycles. The average molecular weight is 291 g/mol. The Morgan fingerprint density at radius 1 is 1.30 bits per heavy atom. The van der Waals surface area contributed by atoms with E-state index in [4.69, 9.17) is 0 Å². The first-order valence-corrected chi connectivity index (χ1v) is 8.00. The van der Waals surface area contributed by atoms with E-state index in [1.54, 1.807) is 11.3 Å². The second-order valence-electron chi connectivity index (χ2n) is 5.48. The molecule has 0 radical (unpaired) electrons. The number of thiophene rings is 1. The van der Waals surface area contributed by atoms with E-state index in [2.05, 4.69) is 58.3 Å². The van der Waals surface area contributed by atoms with Crippen LogP contribution in [0.2, 0.25) is 0 Å². The van der Waals surface area contributed by atoms with Crippen LogP contribution in [0, 0.1) is 0 Å². The monoisotopic (exact) mass is 291 g/mol. The third kappa shape index (κ3) is 2.71. The van der Waals surface area contributed by atoms with Crippen molar-refractivity contribution in [1.29, 1.82) is 0 Å². The van der Waals surface area contributed by atoms with Gasteiger partial charge in [0.05, 0.1) is 4.88 Å². The van der Waals surface area contributed by atoms with Gasteiger partial charge in [-0.15, -0.1) is 16.4 Å². The largest absolute Gasteiger partial charge is 0.336 e. The van der Waals surface area contributed by atoms with Crippen molar-refractivity contribution < 1.29 is 0 Å². The van der Waals surface area contributed by atoms with Gasteiger partial charge in [0.1, 0.15) is 0 Å². The summed E-state index contributed by atoms with van der Waals surface area (Å²) in [5.74, 6) is 1.69. The van der Waals surface area contributed by atoms with Crippen LogP contribution in [0.4, 0.5) is 5.95 Å². The third-order valence-corrected chi connectivity index (χ3v) is 4.79. The Kier molecular flexibility index (Phi) is 3.76. The molecule has 5 nitrogen and oxygen atoms in total. The molecule has 0 amide bonds. The van der Waals surface area contributed by atoms with Crippen molar-refractivity contribution in [2.45, 2.75) is 39.3 Å². The summed E-state index contributed by atoms with van der Waals surface area (Å²) in [5.41, 5.74) is 0. The van der Waals surface area contributed by atoms with Crippen LogP contribution in [0.5, 0.6) is 0 Å². The second kappa shape index (κ2) is 5.54. The van der Waals surface area contributed by atoms with Crippen LogP contribution in [0.25, 0.3) is 10.7 Å². The summed E-state index contributed by atoms with van der Waals surface area (Å²) in [7, 11) is 0. The molecule has 0 bridgehead atoms. The van der Waals surface area contributed by atoms with E-state index >= 15 is 0 Å². The van der Waals surface area contributed by atoms with Gasteiger partial charge in [0.15, 0.2) is 5.82 Å². The lowest BCUT2D eigenvalue weighted by Crippen LogP contribution is -2.54. The summed E-state index contributed by atoms with van der Waals surface area (Å²) in [6, 6.07) is 5.22. The Morgan fingerprint density at radius 3 is 2.70 bits per heavy atom. The zero-order valence-electron chi connectivity index (χ0n) is 12.2. The number of hydrogen-bond donors (Lipinski definition) is 2. The van der Waals surface area contributed by atoms with Gasteiger partial charge in [-0.3, -0.25) is 5.10 Å². The molecule has 20 heavy (non-hydrogen) atoms. The molecule has 0 spiro atoms. The first-order chi connectivity index (χ1) is 9.65. The van der Waals surface area contributed by atoms with Crippen LogP contribution in [-0.4, -0.2) is 40.4 Å². The fourth-order valence-electron chi connectivity index (χ4n) is 2.69. The standard InChI is InChI=1S/C14H21N5S/c1-4-11-5-6-12(20-11)13-16-14(18-17-13)19-7-9(2)15-10(3)8-19/h5-6,9-10,15H,4,7-8H2,1-3H3,(H,16,17,18). The van der Waals surface area contributed by atoms with Gasteiger partial charge >= 0.3 is 0 Å². The SMILES string of the molecule is CCc1ccc(-c2nc(N3CC(C)NC(C)C3)n[nH]2)s1. The van der Waals surface area contributed by atoms with E-state index in [-0.39, 0.29) is 0 Å². The summed E-state index contributed by atoms with van der Waals surface area (Å²) in [4.78, 5) is 9.45. The molecule has 0 aliphatic carbocycles. The zero-order chi connectivity index (χ0) is 14.1. The predicted molar refractivity (Wildman–Crippen MR) is 83.3 cm³/mol. The number of piperazine rings is 1. The lowest BCUT2D eigenvalue weighted by Gasteiger charge is -2.35. The van der Waals surface area contributed by atoms with Crippen LogP contribution < -0.4 is 10.2 Å². The molecule has 1 aliphatic rings. The minimum absolute atomic E-state index is 0.467. The molecule has 2 aromatic rings. The Bertz CT molecular complexity index is 566. The highest BCUT2D eigenvalue weighted by molar-refractivity contribution is 7.15. The van der Waals surface area contributed by atoms with Crippen molar-refractivity contribution in [3.8, 4) is 10.7 Å². The van der Waals surface area contributed by atoms with E-state index in [9.17, 15) is 0 Å². The maximum Gasteiger partial charge on any atom is 0.245 e. The molecular weight excluding hydrogens is 270 g/mol. The molecule has 6 heteroatoms. The molecule has 3 rings (SSSR count). The highest BCUT2D eigenvalue weighted by atomic mass is 32.1. The van der Waals surface area contributed by atoms with Crippen molar-refractivity contribution in [3.05, 3.63) is 17.0 Å². The quantitative estimate of drug-likeness (QED) is 0.911. The molecule has 1 aliphatic heterocycles. The highest BCUT2D eigenvalue weighted by Crippen LogP contribution is 2.27. The number of anilines is 1. The van der Waals surface area contributed by atoms with Gasteiger partial charge in [0, 0.05) is 30.1 Å². The molecule has 3 heterocycles. The van der Waals surface area contributed by atoms with E-state index in [0.29, 0.717) is 12.1 Å². The number of aryl methyl sites for hydroxylation is 1. The smallest absolute Gasteiger partial charge is 0.245 e. The van der Waals surface area contributed by atoms with Crippen LogP contribution in [-0.2, 0) is 6.42 Å². The number of nitrogens with zero attached hydrogens (tertiary/aromatic N) is 3. The zero-order valence-corrected chi connectivity index (χ0v) is 13.0. The van der Waals surface area contributed by atoms with Crippen LogP contribution in [0.3, 0.4) is 0 Å². The minimum atomic E-state index is 0.467. The fraction of sp³-hybridized carbons (Fsp3) is 0.571. The molecule has 2 atom stereocenters. The number of nitrogens with one attached hydrogen (secondary N) is 2. The van der Waals surface area contributed by atoms with E-state index in [1.165, 1.54) is 4.88 Å². The Morgan fingerprint density at radius 2 is 2.05 bits per heavy atom. The van der Waals surface area contributed by atoms with Crippen molar-refractivity contribution in [2.24, 2.45) is 0 Å². The van der Waals surface area contributed by atoms with E-state index in [0.717, 1.165) is 36.2 Å². The maximum absolute atomic E-state index is 4.66. The molecule has 2 aromatic heterocycles. The van der Waals surface area contributed by atoms with E-state index < -0.39 is 0 Å². The maximum atomic E-state index is 4.66. The van der Waals surface area contributed by atoms with Gasteiger partial charge in [0.25, 0.3) is 0 Å². The van der Waals surface area contributed by atoms with Gasteiger partial charge in [0.2, 0.25) is 5.95 Å². The summed E-state index contributed by atoms with van der Waals surface area (Å²) in [6.07, 6.45) is 1.07. The van der Waals surface area contributed by atoms with Crippen LogP contribution in [0.15, 0.2) is 12.1 Å². The Hall–Kier alpha value is -1.40. The van der Waals surface area contributed by atoms with E-state index in [1.807, 2.05) is 0 Å². The summed E-state index contributed by atoms with van der Waals surface area (Å²) in [6.45, 7) is 8.47. The Labute approximate surface area is 123 Å². The van der Waals surface area contributed by atoms with Crippen molar-refractivity contribution in [1.82, 2.24) is 20.5 Å². The normalized spacial score (nSPS) is 23.2. The van der Waals surface area contributed by atoms with Crippen molar-refractivity contribution in [3.63, 3.8) is 0 Å². The summed E-state index contributed by atoms with van der Waals surface area (Å²) in [5, 5.41) is 11.0. The lowest BCUT2D eigenvalue weighted by molar-refractivity contribution is 0.403. The molecule has 0 aromatic carbocycles. The first-order valence-electron chi connectivity index (χ1n) is 7.18. The number of aromatic amines is 1. The predicted octanol–water partition coefficient (Wildman–Crippen LogP) is 2.28. The molecule has 2 N–H and O–H groups in total. The van der Waals surface area contributed by atoms with Gasteiger partial charge in [-0.2, -0.15) is 4.98 Å². The molecule has 2 unspecified atom stereocenters. The first kappa shape index (κ1) is 13.6. The van der Waals surface area contributed by atoms with Crippen LogP contribution in [0.1, 0.15) is 25.6 Å². The number of aromatic nitrogens is 3. The molecule has 108 valence electrons. The molecule has 1 fully saturated rings. The highest BCUT2D eigenvalue weighted by Gasteiger charge is 2.24. The minimum Gasteiger partial charge on any atom is -0.336 e. The number of H-pyrrole nitrogens is 1. The Balaban J connectivity index is 1.79. The van der Waals surface area contributed by atoms with Gasteiger partial charge in [-0.05, 0) is 32.4 Å². The number of rotatable bonds is 3. The van der Waals surface area contributed by atoms with Crippen LogP contribution >= 0.6 is 11.3 Å². The van der Waals surface area contributed by atoms with Gasteiger partial charge < -0.3 is 10.2 Å². The molecular formula is C14H21N5S. The third-order valence-electron chi connectivity index (χ3n) is 3.56. The summed E-state index contributed by atoms with van der Waals surface area (Å²) < 4.78 is 0. The average Bonchev–Trinajstić information content (AvgIpc) is 3.06.